The SMILES string of the molecule is CC(O)CO.CCCCCCCCCCCCSCCCCCCCCCCCC.OB(O)O. The third-order valence-electron chi connectivity index (χ3n) is 5.55. The molecule has 7 heteroatoms. The maximum atomic E-state index is 8.11. The van der Waals surface area contributed by atoms with E-state index in [0.717, 1.165) is 0 Å². The van der Waals surface area contributed by atoms with Gasteiger partial charge in [-0.1, -0.05) is 129 Å². The first-order valence-electron chi connectivity index (χ1n) is 14.3. The zero-order valence-corrected chi connectivity index (χ0v) is 23.9. The molecule has 5 N–H and O–H groups in total. The fourth-order valence-corrected chi connectivity index (χ4v) is 4.51. The van der Waals surface area contributed by atoms with Gasteiger partial charge in [0, 0.05) is 0 Å². The Bertz CT molecular complexity index is 299. The summed E-state index contributed by atoms with van der Waals surface area (Å²) >= 11 is 2.21. The van der Waals surface area contributed by atoms with E-state index in [9.17, 15) is 0 Å². The third kappa shape index (κ3) is 53.5. The van der Waals surface area contributed by atoms with Crippen LogP contribution in [0.2, 0.25) is 0 Å². The van der Waals surface area contributed by atoms with E-state index in [1.807, 2.05) is 0 Å². The molecule has 0 aromatic rings. The highest BCUT2D eigenvalue weighted by molar-refractivity contribution is 7.99. The Morgan fingerprint density at radius 1 is 0.529 bits per heavy atom. The quantitative estimate of drug-likeness (QED) is 0.0763. The van der Waals surface area contributed by atoms with Gasteiger partial charge in [0.05, 0.1) is 12.7 Å². The average Bonchev–Trinajstić information content (AvgIpc) is 2.80. The van der Waals surface area contributed by atoms with Gasteiger partial charge in [0.1, 0.15) is 0 Å². The number of unbranched alkanes of at least 4 members (excludes halogenated alkanes) is 18. The molecule has 208 valence electrons. The molecule has 0 aliphatic heterocycles. The van der Waals surface area contributed by atoms with Gasteiger partial charge in [-0.3, -0.25) is 0 Å². The van der Waals surface area contributed by atoms with Crippen LogP contribution in [-0.4, -0.2) is 56.8 Å². The largest absolute Gasteiger partial charge is 0.631 e. The number of hydrogen-bond donors (Lipinski definition) is 5. The first kappa shape index (κ1) is 38.7. The maximum Gasteiger partial charge on any atom is 0.631 e. The smallest absolute Gasteiger partial charge is 0.402 e. The average molecular weight is 509 g/mol. The lowest BCUT2D eigenvalue weighted by atomic mass is 10.1. The normalized spacial score (nSPS) is 11.3. The second kappa shape index (κ2) is 37.8. The highest BCUT2D eigenvalue weighted by atomic mass is 32.2. The number of hydrogen-bond acceptors (Lipinski definition) is 6. The molecule has 0 rings (SSSR count). The van der Waals surface area contributed by atoms with Crippen LogP contribution in [0.15, 0.2) is 0 Å². The first-order valence-corrected chi connectivity index (χ1v) is 15.5. The molecule has 0 bridgehead atoms. The number of aliphatic hydroxyl groups is 2. The molecule has 1 unspecified atom stereocenters. The van der Waals surface area contributed by atoms with Gasteiger partial charge in [-0.2, -0.15) is 11.8 Å². The Labute approximate surface area is 217 Å². The van der Waals surface area contributed by atoms with Gasteiger partial charge in [-0.25, -0.2) is 0 Å². The molecule has 34 heavy (non-hydrogen) atoms. The van der Waals surface area contributed by atoms with Gasteiger partial charge < -0.3 is 25.3 Å². The fraction of sp³-hybridized carbons (Fsp3) is 1.00. The fourth-order valence-electron chi connectivity index (χ4n) is 3.49. The van der Waals surface area contributed by atoms with Crippen LogP contribution >= 0.6 is 11.8 Å². The zero-order chi connectivity index (χ0) is 26.1. The van der Waals surface area contributed by atoms with Crippen molar-refractivity contribution >= 4 is 19.1 Å². The topological polar surface area (TPSA) is 101 Å². The molecule has 0 aliphatic carbocycles. The van der Waals surface area contributed by atoms with Gasteiger partial charge in [-0.15, -0.1) is 0 Å². The lowest BCUT2D eigenvalue weighted by molar-refractivity contribution is 0.110. The van der Waals surface area contributed by atoms with E-state index in [1.165, 1.54) is 147 Å². The highest BCUT2D eigenvalue weighted by Crippen LogP contribution is 2.15. The van der Waals surface area contributed by atoms with Crippen LogP contribution in [0.3, 0.4) is 0 Å². The zero-order valence-electron chi connectivity index (χ0n) is 23.1. The lowest BCUT2D eigenvalue weighted by Crippen LogP contribution is -2.07. The van der Waals surface area contributed by atoms with E-state index in [1.54, 1.807) is 0 Å². The standard InChI is InChI=1S/C24H50S.C3H8O2.BH3O3/c1-3-5-7-9-11-13-15-17-19-21-23-25-24-22-20-18-16-14-12-10-8-6-4-2;1-3(5)2-4;2-1(3)4/h3-24H2,1-2H3;3-5H,2H2,1H3;2-4H. The van der Waals surface area contributed by atoms with Gasteiger partial charge in [0.15, 0.2) is 0 Å². The summed E-state index contributed by atoms with van der Waals surface area (Å²) in [6.45, 7) is 5.99. The van der Waals surface area contributed by atoms with Crippen molar-refractivity contribution in [3.8, 4) is 0 Å². The summed E-state index contributed by atoms with van der Waals surface area (Å²) in [5.41, 5.74) is 0. The van der Waals surface area contributed by atoms with Crippen LogP contribution in [0.1, 0.15) is 149 Å². The summed E-state index contributed by atoms with van der Waals surface area (Å²) < 4.78 is 0. The van der Waals surface area contributed by atoms with Crippen molar-refractivity contribution in [3.05, 3.63) is 0 Å². The van der Waals surface area contributed by atoms with Crippen LogP contribution in [0.25, 0.3) is 0 Å². The second-order valence-electron chi connectivity index (χ2n) is 9.35. The van der Waals surface area contributed by atoms with Crippen molar-refractivity contribution in [2.24, 2.45) is 0 Å². The molecular formula is C27H61BO5S. The molecule has 5 nitrogen and oxygen atoms in total. The van der Waals surface area contributed by atoms with Crippen molar-refractivity contribution in [1.82, 2.24) is 0 Å². The molecule has 0 amide bonds. The molecule has 0 saturated carbocycles. The number of aliphatic hydroxyl groups excluding tert-OH is 2. The Morgan fingerprint density at radius 2 is 0.735 bits per heavy atom. The van der Waals surface area contributed by atoms with Crippen LogP contribution in [-0.2, 0) is 0 Å². The Balaban J connectivity index is -0.000000900. The number of thioether (sulfide) groups is 1. The highest BCUT2D eigenvalue weighted by Gasteiger charge is 1.95. The Kier molecular flexibility index (Phi) is 43.0. The predicted octanol–water partition coefficient (Wildman–Crippen LogP) is 6.87. The summed E-state index contributed by atoms with van der Waals surface area (Å²) in [5.74, 6) is 2.82. The van der Waals surface area contributed by atoms with Crippen molar-refractivity contribution in [3.63, 3.8) is 0 Å². The van der Waals surface area contributed by atoms with Crippen molar-refractivity contribution < 1.29 is 25.3 Å². The molecule has 0 aromatic carbocycles. The molecule has 0 fully saturated rings. The van der Waals surface area contributed by atoms with Crippen LogP contribution in [0.4, 0.5) is 0 Å². The lowest BCUT2D eigenvalue weighted by Gasteiger charge is -2.04. The Morgan fingerprint density at radius 3 is 0.941 bits per heavy atom. The molecule has 0 heterocycles. The summed E-state index contributed by atoms with van der Waals surface area (Å²) in [4.78, 5) is 0. The van der Waals surface area contributed by atoms with Crippen LogP contribution in [0, 0.1) is 0 Å². The second-order valence-corrected chi connectivity index (χ2v) is 10.6. The molecule has 0 saturated heterocycles. The summed E-state index contributed by atoms with van der Waals surface area (Å²) in [7, 11) is -2.17. The van der Waals surface area contributed by atoms with Gasteiger partial charge in [0.2, 0.25) is 0 Å². The minimum absolute atomic E-state index is 0.139. The predicted molar refractivity (Wildman–Crippen MR) is 152 cm³/mol. The molecule has 0 aromatic heterocycles. The molecule has 0 radical (unpaired) electrons. The van der Waals surface area contributed by atoms with E-state index in [4.69, 9.17) is 25.3 Å². The van der Waals surface area contributed by atoms with E-state index in [0.29, 0.717) is 0 Å². The summed E-state index contributed by atoms with van der Waals surface area (Å²) in [6, 6.07) is 0. The van der Waals surface area contributed by atoms with Crippen LogP contribution in [0.5, 0.6) is 0 Å². The van der Waals surface area contributed by atoms with Crippen molar-refractivity contribution in [2.75, 3.05) is 18.1 Å². The monoisotopic (exact) mass is 508 g/mol. The van der Waals surface area contributed by atoms with E-state index in [-0.39, 0.29) is 6.61 Å². The number of rotatable bonds is 23. The van der Waals surface area contributed by atoms with Crippen LogP contribution < -0.4 is 0 Å². The van der Waals surface area contributed by atoms with Crippen molar-refractivity contribution in [1.29, 1.82) is 0 Å². The van der Waals surface area contributed by atoms with Crippen molar-refractivity contribution in [2.45, 2.75) is 155 Å². The minimum Gasteiger partial charge on any atom is -0.402 e. The minimum atomic E-state index is -2.17. The summed E-state index contributed by atoms with van der Waals surface area (Å²) in [6.07, 6.45) is 28.6. The molecule has 0 spiro atoms. The maximum absolute atomic E-state index is 8.11. The first-order chi connectivity index (χ1) is 16.4. The van der Waals surface area contributed by atoms with Gasteiger partial charge >= 0.3 is 7.32 Å². The van der Waals surface area contributed by atoms with E-state index >= 15 is 0 Å². The Hall–Kier alpha value is 0.215. The summed E-state index contributed by atoms with van der Waals surface area (Å²) in [5, 5.41) is 37.5. The van der Waals surface area contributed by atoms with Gasteiger partial charge in [0.25, 0.3) is 0 Å². The van der Waals surface area contributed by atoms with Gasteiger partial charge in [-0.05, 0) is 31.3 Å². The molecule has 1 atom stereocenters. The van der Waals surface area contributed by atoms with E-state index < -0.39 is 13.4 Å². The molecule has 0 aliphatic rings. The third-order valence-corrected chi connectivity index (χ3v) is 6.70. The molecular weight excluding hydrogens is 447 g/mol. The van der Waals surface area contributed by atoms with E-state index in [2.05, 4.69) is 25.6 Å².